The van der Waals surface area contributed by atoms with Crippen molar-refractivity contribution in [2.24, 2.45) is 0 Å². The third kappa shape index (κ3) is 4.57. The molecular formula is C17H19ClO3. The van der Waals surface area contributed by atoms with Crippen LogP contribution >= 0.6 is 11.6 Å². The molecule has 0 aliphatic rings. The van der Waals surface area contributed by atoms with Crippen molar-refractivity contribution in [2.45, 2.75) is 13.8 Å². The third-order valence-corrected chi connectivity index (χ3v) is 3.12. The minimum absolute atomic E-state index is 0.451. The second-order valence-corrected chi connectivity index (χ2v) is 4.92. The molecule has 3 nitrogen and oxygen atoms in total. The summed E-state index contributed by atoms with van der Waals surface area (Å²) in [7, 11) is 0. The van der Waals surface area contributed by atoms with Gasteiger partial charge in [-0.2, -0.15) is 0 Å². The first kappa shape index (κ1) is 15.5. The van der Waals surface area contributed by atoms with Gasteiger partial charge in [0.05, 0.1) is 6.61 Å². The van der Waals surface area contributed by atoms with E-state index < -0.39 is 0 Å². The highest BCUT2D eigenvalue weighted by Crippen LogP contribution is 2.26. The molecule has 0 heterocycles. The van der Waals surface area contributed by atoms with Gasteiger partial charge < -0.3 is 14.2 Å². The minimum Gasteiger partial charge on any atom is -0.490 e. The molecule has 0 fully saturated rings. The summed E-state index contributed by atoms with van der Waals surface area (Å²) < 4.78 is 16.9. The van der Waals surface area contributed by atoms with Crippen LogP contribution in [0, 0.1) is 6.92 Å². The number of hydrogen-bond donors (Lipinski definition) is 0. The van der Waals surface area contributed by atoms with Crippen molar-refractivity contribution in [1.29, 1.82) is 0 Å². The van der Waals surface area contributed by atoms with Crippen molar-refractivity contribution in [3.8, 4) is 17.2 Å². The Morgan fingerprint density at radius 3 is 2.10 bits per heavy atom. The van der Waals surface area contributed by atoms with E-state index in [9.17, 15) is 0 Å². The summed E-state index contributed by atoms with van der Waals surface area (Å²) in [5.74, 6) is 2.31. The second-order valence-electron chi connectivity index (χ2n) is 4.49. The molecule has 0 spiro atoms. The summed E-state index contributed by atoms with van der Waals surface area (Å²) in [6.07, 6.45) is 0. The Balaban J connectivity index is 1.84. The number of aryl methyl sites for hydroxylation is 1. The topological polar surface area (TPSA) is 27.7 Å². The van der Waals surface area contributed by atoms with Crippen LogP contribution in [0.5, 0.6) is 17.2 Å². The van der Waals surface area contributed by atoms with Gasteiger partial charge in [0.1, 0.15) is 19.0 Å². The molecule has 0 saturated carbocycles. The Morgan fingerprint density at radius 2 is 1.48 bits per heavy atom. The van der Waals surface area contributed by atoms with Crippen LogP contribution in [-0.4, -0.2) is 19.8 Å². The highest BCUT2D eigenvalue weighted by Gasteiger charge is 2.04. The van der Waals surface area contributed by atoms with Crippen molar-refractivity contribution in [2.75, 3.05) is 19.8 Å². The zero-order chi connectivity index (χ0) is 15.1. The van der Waals surface area contributed by atoms with E-state index in [1.54, 1.807) is 0 Å². The molecule has 0 atom stereocenters. The Kier molecular flexibility index (Phi) is 5.76. The van der Waals surface area contributed by atoms with E-state index in [4.69, 9.17) is 25.8 Å². The quantitative estimate of drug-likeness (QED) is 0.705. The molecular weight excluding hydrogens is 288 g/mol. The maximum Gasteiger partial charge on any atom is 0.161 e. The van der Waals surface area contributed by atoms with E-state index in [2.05, 4.69) is 0 Å². The molecule has 0 radical (unpaired) electrons. The fourth-order valence-corrected chi connectivity index (χ4v) is 2.15. The molecule has 0 saturated heterocycles. The van der Waals surface area contributed by atoms with Crippen LogP contribution < -0.4 is 14.2 Å². The predicted molar refractivity (Wildman–Crippen MR) is 84.8 cm³/mol. The summed E-state index contributed by atoms with van der Waals surface area (Å²) >= 11 is 5.91. The van der Waals surface area contributed by atoms with Crippen molar-refractivity contribution < 1.29 is 14.2 Å². The van der Waals surface area contributed by atoms with Gasteiger partial charge in [-0.1, -0.05) is 23.7 Å². The number of halogens is 1. The van der Waals surface area contributed by atoms with Crippen molar-refractivity contribution in [3.05, 3.63) is 53.1 Å². The van der Waals surface area contributed by atoms with Crippen molar-refractivity contribution in [3.63, 3.8) is 0 Å². The highest BCUT2D eigenvalue weighted by atomic mass is 35.5. The first-order chi connectivity index (χ1) is 10.2. The molecule has 4 heteroatoms. The second kappa shape index (κ2) is 7.79. The van der Waals surface area contributed by atoms with Gasteiger partial charge in [0, 0.05) is 5.02 Å². The van der Waals surface area contributed by atoms with Gasteiger partial charge in [0.15, 0.2) is 11.5 Å². The molecule has 0 N–H and O–H groups in total. The Bertz CT molecular complexity index is 584. The molecule has 2 aromatic rings. The van der Waals surface area contributed by atoms with E-state index in [1.807, 2.05) is 56.3 Å². The van der Waals surface area contributed by atoms with Gasteiger partial charge in [-0.3, -0.25) is 0 Å². The lowest BCUT2D eigenvalue weighted by Crippen LogP contribution is -2.10. The average molecular weight is 307 g/mol. The SMILES string of the molecule is CCOc1ccccc1OCCOc1ccc(Cl)cc1C. The van der Waals surface area contributed by atoms with Crippen LogP contribution in [0.1, 0.15) is 12.5 Å². The van der Waals surface area contributed by atoms with E-state index in [0.29, 0.717) is 24.8 Å². The molecule has 112 valence electrons. The Hall–Kier alpha value is -1.87. The van der Waals surface area contributed by atoms with Crippen molar-refractivity contribution >= 4 is 11.6 Å². The van der Waals surface area contributed by atoms with Crippen LogP contribution in [0.15, 0.2) is 42.5 Å². The summed E-state index contributed by atoms with van der Waals surface area (Å²) in [6.45, 7) is 5.44. The summed E-state index contributed by atoms with van der Waals surface area (Å²) in [6, 6.07) is 13.2. The number of rotatable bonds is 7. The molecule has 0 bridgehead atoms. The third-order valence-electron chi connectivity index (χ3n) is 2.88. The van der Waals surface area contributed by atoms with Crippen LogP contribution in [0.2, 0.25) is 5.02 Å². The predicted octanol–water partition coefficient (Wildman–Crippen LogP) is 4.50. The maximum absolute atomic E-state index is 5.91. The zero-order valence-corrected chi connectivity index (χ0v) is 13.0. The van der Waals surface area contributed by atoms with Gasteiger partial charge in [-0.15, -0.1) is 0 Å². The molecule has 21 heavy (non-hydrogen) atoms. The standard InChI is InChI=1S/C17H19ClO3/c1-3-19-16-6-4-5-7-17(16)21-11-10-20-15-9-8-14(18)12-13(15)2/h4-9,12H,3,10-11H2,1-2H3. The summed E-state index contributed by atoms with van der Waals surface area (Å²) in [4.78, 5) is 0. The van der Waals surface area contributed by atoms with Gasteiger partial charge in [-0.05, 0) is 49.7 Å². The average Bonchev–Trinajstić information content (AvgIpc) is 2.47. The largest absolute Gasteiger partial charge is 0.490 e. The smallest absolute Gasteiger partial charge is 0.161 e. The van der Waals surface area contributed by atoms with Crippen molar-refractivity contribution in [1.82, 2.24) is 0 Å². The lowest BCUT2D eigenvalue weighted by molar-refractivity contribution is 0.207. The molecule has 0 unspecified atom stereocenters. The van der Waals surface area contributed by atoms with E-state index >= 15 is 0 Å². The highest BCUT2D eigenvalue weighted by molar-refractivity contribution is 6.30. The molecule has 0 aliphatic carbocycles. The van der Waals surface area contributed by atoms with E-state index in [-0.39, 0.29) is 0 Å². The number of ether oxygens (including phenoxy) is 3. The Morgan fingerprint density at radius 1 is 0.857 bits per heavy atom. The van der Waals surface area contributed by atoms with Crippen LogP contribution in [0.4, 0.5) is 0 Å². The normalized spacial score (nSPS) is 10.2. The molecule has 0 aromatic heterocycles. The van der Waals surface area contributed by atoms with Crippen LogP contribution in [0.3, 0.4) is 0 Å². The zero-order valence-electron chi connectivity index (χ0n) is 12.3. The molecule has 0 aliphatic heterocycles. The maximum atomic E-state index is 5.91. The Labute approximate surface area is 130 Å². The lowest BCUT2D eigenvalue weighted by atomic mass is 10.2. The first-order valence-corrected chi connectivity index (χ1v) is 7.32. The van der Waals surface area contributed by atoms with Gasteiger partial charge >= 0.3 is 0 Å². The first-order valence-electron chi connectivity index (χ1n) is 6.94. The molecule has 2 aromatic carbocycles. The van der Waals surface area contributed by atoms with Crippen LogP contribution in [-0.2, 0) is 0 Å². The van der Waals surface area contributed by atoms with Gasteiger partial charge in [0.2, 0.25) is 0 Å². The number of para-hydroxylation sites is 2. The molecule has 2 rings (SSSR count). The number of benzene rings is 2. The number of hydrogen-bond acceptors (Lipinski definition) is 3. The van der Waals surface area contributed by atoms with Crippen LogP contribution in [0.25, 0.3) is 0 Å². The lowest BCUT2D eigenvalue weighted by Gasteiger charge is -2.13. The van der Waals surface area contributed by atoms with E-state index in [0.717, 1.165) is 22.8 Å². The summed E-state index contributed by atoms with van der Waals surface area (Å²) in [5, 5.41) is 0.710. The minimum atomic E-state index is 0.451. The fourth-order valence-electron chi connectivity index (χ4n) is 1.92. The monoisotopic (exact) mass is 306 g/mol. The van der Waals surface area contributed by atoms with Gasteiger partial charge in [-0.25, -0.2) is 0 Å². The van der Waals surface area contributed by atoms with Gasteiger partial charge in [0.25, 0.3) is 0 Å². The molecule has 0 amide bonds. The summed E-state index contributed by atoms with van der Waals surface area (Å²) in [5.41, 5.74) is 1.01. The van der Waals surface area contributed by atoms with E-state index in [1.165, 1.54) is 0 Å². The fraction of sp³-hybridized carbons (Fsp3) is 0.294.